The van der Waals surface area contributed by atoms with E-state index in [2.05, 4.69) is 10.6 Å². The molecule has 0 bridgehead atoms. The van der Waals surface area contributed by atoms with E-state index in [4.69, 9.17) is 21.3 Å². The number of aromatic nitrogens is 2. The average Bonchev–Trinajstić information content (AvgIpc) is 3.22. The van der Waals surface area contributed by atoms with Gasteiger partial charge < -0.3 is 9.30 Å². The molecule has 0 N–H and O–H groups in total. The monoisotopic (exact) mass is 292 g/mol. The Morgan fingerprint density at radius 1 is 1.40 bits per heavy atom. The van der Waals surface area contributed by atoms with Gasteiger partial charge in [0.2, 0.25) is 0 Å². The lowest BCUT2D eigenvalue weighted by molar-refractivity contribution is 0.415. The minimum Gasteiger partial charge on any atom is -0.497 e. The van der Waals surface area contributed by atoms with Crippen LogP contribution in [0.5, 0.6) is 5.75 Å². The van der Waals surface area contributed by atoms with E-state index in [1.54, 1.807) is 7.11 Å². The van der Waals surface area contributed by atoms with Gasteiger partial charge in [-0.15, -0.1) is 11.6 Å². The number of hydrogen-bond acceptors (Lipinski definition) is 2. The number of benzene rings is 1. The van der Waals surface area contributed by atoms with Crippen molar-refractivity contribution in [1.29, 1.82) is 0 Å². The Hall–Kier alpha value is -1.22. The lowest BCUT2D eigenvalue weighted by Gasteiger charge is -2.08. The molecule has 4 heteroatoms. The highest BCUT2D eigenvalue weighted by atomic mass is 35.5. The summed E-state index contributed by atoms with van der Waals surface area (Å²) in [6, 6.07) is 6.12. The van der Waals surface area contributed by atoms with Gasteiger partial charge in [-0.05, 0) is 30.9 Å². The van der Waals surface area contributed by atoms with Crippen molar-refractivity contribution in [3.05, 3.63) is 24.0 Å². The molecule has 0 amide bonds. The molecule has 0 saturated heterocycles. The molecule has 0 spiro atoms. The van der Waals surface area contributed by atoms with E-state index in [9.17, 15) is 0 Å². The van der Waals surface area contributed by atoms with Gasteiger partial charge in [0.15, 0.2) is 0 Å². The molecule has 0 aliphatic heterocycles. The molecule has 0 atom stereocenters. The van der Waals surface area contributed by atoms with Crippen LogP contribution in [0.4, 0.5) is 0 Å². The fourth-order valence-corrected chi connectivity index (χ4v) is 2.92. The van der Waals surface area contributed by atoms with Gasteiger partial charge in [-0.2, -0.15) is 0 Å². The second-order valence-corrected chi connectivity index (χ2v) is 5.94. The molecule has 2 aromatic rings. The average molecular weight is 293 g/mol. The molecule has 3 rings (SSSR count). The summed E-state index contributed by atoms with van der Waals surface area (Å²) in [6.45, 7) is 1.05. The van der Waals surface area contributed by atoms with Crippen molar-refractivity contribution in [2.45, 2.75) is 38.6 Å². The fraction of sp³-hybridized carbons (Fsp3) is 0.562. The molecule has 20 heavy (non-hydrogen) atoms. The zero-order valence-electron chi connectivity index (χ0n) is 11.9. The molecular weight excluding hydrogens is 272 g/mol. The van der Waals surface area contributed by atoms with E-state index < -0.39 is 0 Å². The molecular formula is C16H21ClN2O. The first-order valence-electron chi connectivity index (χ1n) is 7.41. The molecule has 1 aliphatic carbocycles. The summed E-state index contributed by atoms with van der Waals surface area (Å²) in [5.41, 5.74) is 2.21. The van der Waals surface area contributed by atoms with Crippen molar-refractivity contribution >= 4 is 22.6 Å². The van der Waals surface area contributed by atoms with Gasteiger partial charge in [0.05, 0.1) is 18.1 Å². The summed E-state index contributed by atoms with van der Waals surface area (Å²) in [7, 11) is 1.69. The maximum Gasteiger partial charge on any atom is 0.121 e. The third-order valence-electron chi connectivity index (χ3n) is 4.04. The second-order valence-electron chi connectivity index (χ2n) is 5.56. The first-order chi connectivity index (χ1) is 9.81. The summed E-state index contributed by atoms with van der Waals surface area (Å²) in [6.07, 6.45) is 6.25. The maximum absolute atomic E-state index is 5.91. The predicted octanol–water partition coefficient (Wildman–Crippen LogP) is 4.02. The van der Waals surface area contributed by atoms with E-state index in [-0.39, 0.29) is 0 Å². The van der Waals surface area contributed by atoms with Gasteiger partial charge in [-0.25, -0.2) is 4.98 Å². The Balaban J connectivity index is 1.86. The number of imidazole rings is 1. The first-order valence-corrected chi connectivity index (χ1v) is 7.94. The number of hydrogen-bond donors (Lipinski definition) is 0. The van der Waals surface area contributed by atoms with Crippen LogP contribution < -0.4 is 4.74 Å². The largest absolute Gasteiger partial charge is 0.497 e. The van der Waals surface area contributed by atoms with Crippen LogP contribution in [0.25, 0.3) is 11.0 Å². The van der Waals surface area contributed by atoms with Gasteiger partial charge in [0, 0.05) is 24.9 Å². The minimum atomic E-state index is 0.614. The lowest BCUT2D eigenvalue weighted by Crippen LogP contribution is -2.05. The predicted molar refractivity (Wildman–Crippen MR) is 82.7 cm³/mol. The van der Waals surface area contributed by atoms with Crippen LogP contribution in [0.15, 0.2) is 18.2 Å². The number of nitrogens with zero attached hydrogens (tertiary/aromatic N) is 2. The number of methoxy groups -OCH3 is 1. The van der Waals surface area contributed by atoms with Crippen LogP contribution in [-0.2, 0) is 13.0 Å². The Morgan fingerprint density at radius 3 is 2.95 bits per heavy atom. The summed E-state index contributed by atoms with van der Waals surface area (Å²) < 4.78 is 7.61. The molecule has 1 aliphatic rings. The highest BCUT2D eigenvalue weighted by Crippen LogP contribution is 2.34. The quantitative estimate of drug-likeness (QED) is 0.721. The van der Waals surface area contributed by atoms with E-state index in [1.807, 2.05) is 12.1 Å². The minimum absolute atomic E-state index is 0.614. The molecule has 3 nitrogen and oxygen atoms in total. The first kappa shape index (κ1) is 13.7. The van der Waals surface area contributed by atoms with E-state index in [0.29, 0.717) is 5.88 Å². The Bertz CT molecular complexity index is 589. The Morgan fingerprint density at radius 2 is 2.25 bits per heavy atom. The molecule has 0 unspecified atom stereocenters. The number of alkyl halides is 1. The molecule has 1 saturated carbocycles. The number of rotatable bonds is 7. The van der Waals surface area contributed by atoms with Crippen LogP contribution in [0.1, 0.15) is 31.5 Å². The van der Waals surface area contributed by atoms with Gasteiger partial charge >= 0.3 is 0 Å². The number of aryl methyl sites for hydroxylation is 2. The smallest absolute Gasteiger partial charge is 0.121 e. The van der Waals surface area contributed by atoms with Crippen molar-refractivity contribution in [2.75, 3.05) is 13.0 Å². The van der Waals surface area contributed by atoms with Crippen molar-refractivity contribution in [2.24, 2.45) is 5.92 Å². The van der Waals surface area contributed by atoms with Gasteiger partial charge in [0.1, 0.15) is 11.6 Å². The Labute approximate surface area is 124 Å². The highest BCUT2D eigenvalue weighted by molar-refractivity contribution is 6.17. The topological polar surface area (TPSA) is 27.1 Å². The normalized spacial score (nSPS) is 14.9. The summed E-state index contributed by atoms with van der Waals surface area (Å²) >= 11 is 5.91. The van der Waals surface area contributed by atoms with Gasteiger partial charge in [-0.1, -0.05) is 12.8 Å². The summed E-state index contributed by atoms with van der Waals surface area (Å²) in [5.74, 6) is 3.56. The molecule has 1 aromatic heterocycles. The van der Waals surface area contributed by atoms with E-state index >= 15 is 0 Å². The second kappa shape index (κ2) is 6.04. The number of halogens is 1. The van der Waals surface area contributed by atoms with Crippen molar-refractivity contribution < 1.29 is 4.74 Å². The van der Waals surface area contributed by atoms with E-state index in [1.165, 1.54) is 31.2 Å². The third kappa shape index (κ3) is 2.93. The van der Waals surface area contributed by atoms with Gasteiger partial charge in [0.25, 0.3) is 0 Å². The van der Waals surface area contributed by atoms with Crippen molar-refractivity contribution in [1.82, 2.24) is 9.55 Å². The van der Waals surface area contributed by atoms with Crippen LogP contribution in [0.2, 0.25) is 0 Å². The van der Waals surface area contributed by atoms with Crippen LogP contribution in [0.3, 0.4) is 0 Å². The molecule has 1 heterocycles. The SMILES string of the molecule is COc1ccc2c(c1)nc(CCCl)n2CCCC1CC1. The molecule has 1 aromatic carbocycles. The molecule has 108 valence electrons. The summed E-state index contributed by atoms with van der Waals surface area (Å²) in [4.78, 5) is 4.72. The van der Waals surface area contributed by atoms with E-state index in [0.717, 1.165) is 36.0 Å². The number of fused-ring (bicyclic) bond motifs is 1. The van der Waals surface area contributed by atoms with Crippen molar-refractivity contribution in [3.8, 4) is 5.75 Å². The standard InChI is InChI=1S/C16H21ClN2O/c1-20-13-6-7-15-14(11-13)18-16(8-9-17)19(15)10-2-3-12-4-5-12/h6-7,11-12H,2-5,8-10H2,1H3. The van der Waals surface area contributed by atoms with Gasteiger partial charge in [-0.3, -0.25) is 0 Å². The zero-order chi connectivity index (χ0) is 13.9. The third-order valence-corrected chi connectivity index (χ3v) is 4.23. The Kier molecular flexibility index (Phi) is 4.16. The zero-order valence-corrected chi connectivity index (χ0v) is 12.7. The highest BCUT2D eigenvalue weighted by Gasteiger charge is 2.20. The fourth-order valence-electron chi connectivity index (χ4n) is 2.76. The molecule has 0 radical (unpaired) electrons. The maximum atomic E-state index is 5.91. The molecule has 1 fully saturated rings. The summed E-state index contributed by atoms with van der Waals surface area (Å²) in [5, 5.41) is 0. The van der Waals surface area contributed by atoms with Crippen molar-refractivity contribution in [3.63, 3.8) is 0 Å². The van der Waals surface area contributed by atoms with Crippen LogP contribution in [0, 0.1) is 5.92 Å². The lowest BCUT2D eigenvalue weighted by atomic mass is 10.2. The van der Waals surface area contributed by atoms with Crippen LogP contribution in [-0.4, -0.2) is 22.5 Å². The van der Waals surface area contributed by atoms with Crippen LogP contribution >= 0.6 is 11.6 Å². The number of ether oxygens (including phenoxy) is 1.